The Hall–Kier alpha value is -3.23. The van der Waals surface area contributed by atoms with Crippen LogP contribution in [-0.4, -0.2) is 36.7 Å². The SMILES string of the molecule is CC(C)c1noc2nc(C3CC3)cc(C(=O)NCc3nccn3CC(=O)O)c12. The number of hydrogen-bond acceptors (Lipinski definition) is 6. The molecule has 146 valence electrons. The van der Waals surface area contributed by atoms with Crippen LogP contribution in [0, 0.1) is 0 Å². The Kier molecular flexibility index (Phi) is 4.58. The highest BCUT2D eigenvalue weighted by atomic mass is 16.5. The van der Waals surface area contributed by atoms with Crippen LogP contribution in [0.5, 0.6) is 0 Å². The molecular weight excluding hydrogens is 362 g/mol. The molecule has 2 N–H and O–H groups in total. The number of carbonyl (C=O) groups is 2. The number of rotatable bonds is 7. The standard InChI is InChI=1S/C19H21N5O4/c1-10(2)17-16-12(7-13(11-3-4-11)22-19(16)28-23-17)18(27)21-8-14-20-5-6-24(14)9-15(25)26/h5-7,10-11H,3-4,8-9H2,1-2H3,(H,21,27)(H,25,26). The Bertz CT molecular complexity index is 1050. The van der Waals surface area contributed by atoms with E-state index in [1.54, 1.807) is 6.20 Å². The molecule has 1 amide bonds. The number of carboxylic acids is 1. The fraction of sp³-hybridized carbons (Fsp3) is 0.421. The van der Waals surface area contributed by atoms with Gasteiger partial charge in [0.05, 0.1) is 23.2 Å². The average molecular weight is 383 g/mol. The zero-order valence-corrected chi connectivity index (χ0v) is 15.7. The predicted molar refractivity (Wildman–Crippen MR) is 98.9 cm³/mol. The van der Waals surface area contributed by atoms with Gasteiger partial charge in [-0.1, -0.05) is 19.0 Å². The van der Waals surface area contributed by atoms with Crippen molar-refractivity contribution in [1.29, 1.82) is 0 Å². The van der Waals surface area contributed by atoms with E-state index >= 15 is 0 Å². The summed E-state index contributed by atoms with van der Waals surface area (Å²) >= 11 is 0. The summed E-state index contributed by atoms with van der Waals surface area (Å²) in [5.41, 5.74) is 2.40. The molecule has 3 aromatic rings. The molecule has 0 radical (unpaired) electrons. The zero-order chi connectivity index (χ0) is 19.8. The van der Waals surface area contributed by atoms with Gasteiger partial charge in [0.1, 0.15) is 12.4 Å². The molecular formula is C19H21N5O4. The number of amides is 1. The lowest BCUT2D eigenvalue weighted by molar-refractivity contribution is -0.137. The lowest BCUT2D eigenvalue weighted by Gasteiger charge is -2.10. The third kappa shape index (κ3) is 3.47. The van der Waals surface area contributed by atoms with Gasteiger partial charge < -0.3 is 19.5 Å². The maximum atomic E-state index is 13.0. The summed E-state index contributed by atoms with van der Waals surface area (Å²) in [6, 6.07) is 1.82. The number of carbonyl (C=O) groups excluding carboxylic acids is 1. The monoisotopic (exact) mass is 383 g/mol. The van der Waals surface area contributed by atoms with E-state index < -0.39 is 5.97 Å². The molecule has 1 aliphatic carbocycles. The first kappa shape index (κ1) is 18.1. The fourth-order valence-corrected chi connectivity index (χ4v) is 3.21. The van der Waals surface area contributed by atoms with Crippen LogP contribution in [0.15, 0.2) is 23.0 Å². The maximum Gasteiger partial charge on any atom is 0.323 e. The Morgan fingerprint density at radius 2 is 2.18 bits per heavy atom. The summed E-state index contributed by atoms with van der Waals surface area (Å²) in [5.74, 6) is -0.350. The van der Waals surface area contributed by atoms with Crippen molar-refractivity contribution in [1.82, 2.24) is 25.0 Å². The van der Waals surface area contributed by atoms with Crippen LogP contribution in [0.2, 0.25) is 0 Å². The number of pyridine rings is 1. The summed E-state index contributed by atoms with van der Waals surface area (Å²) in [6.45, 7) is 3.87. The number of aliphatic carboxylic acids is 1. The van der Waals surface area contributed by atoms with E-state index in [1.165, 1.54) is 10.8 Å². The molecule has 3 aromatic heterocycles. The number of aromatic nitrogens is 4. The third-order valence-corrected chi connectivity index (χ3v) is 4.79. The number of fused-ring (bicyclic) bond motifs is 1. The Labute approximate surface area is 160 Å². The molecule has 9 heteroatoms. The van der Waals surface area contributed by atoms with Crippen molar-refractivity contribution in [3.05, 3.63) is 41.2 Å². The smallest absolute Gasteiger partial charge is 0.323 e. The number of carboxylic acid groups (broad SMARTS) is 1. The fourth-order valence-electron chi connectivity index (χ4n) is 3.21. The van der Waals surface area contributed by atoms with E-state index in [9.17, 15) is 9.59 Å². The van der Waals surface area contributed by atoms with Crippen molar-refractivity contribution >= 4 is 23.0 Å². The van der Waals surface area contributed by atoms with Gasteiger partial charge in [-0.25, -0.2) is 9.97 Å². The van der Waals surface area contributed by atoms with Gasteiger partial charge in [-0.15, -0.1) is 0 Å². The van der Waals surface area contributed by atoms with Crippen molar-refractivity contribution in [2.24, 2.45) is 0 Å². The second-order valence-electron chi connectivity index (χ2n) is 7.32. The highest BCUT2D eigenvalue weighted by molar-refractivity contribution is 6.06. The number of hydrogen-bond donors (Lipinski definition) is 2. The van der Waals surface area contributed by atoms with Crippen LogP contribution in [0.1, 0.15) is 66.1 Å². The van der Waals surface area contributed by atoms with Crippen LogP contribution in [0.4, 0.5) is 0 Å². The molecule has 1 saturated carbocycles. The van der Waals surface area contributed by atoms with E-state index in [4.69, 9.17) is 9.63 Å². The summed E-state index contributed by atoms with van der Waals surface area (Å²) in [4.78, 5) is 32.6. The molecule has 0 atom stereocenters. The quantitative estimate of drug-likeness (QED) is 0.642. The van der Waals surface area contributed by atoms with Crippen LogP contribution < -0.4 is 5.32 Å². The van der Waals surface area contributed by atoms with Crippen LogP contribution in [-0.2, 0) is 17.9 Å². The topological polar surface area (TPSA) is 123 Å². The zero-order valence-electron chi connectivity index (χ0n) is 15.7. The van der Waals surface area contributed by atoms with Gasteiger partial charge in [0.25, 0.3) is 11.6 Å². The maximum absolute atomic E-state index is 13.0. The summed E-state index contributed by atoms with van der Waals surface area (Å²) in [6.07, 6.45) is 5.19. The number of nitrogens with one attached hydrogen (secondary N) is 1. The van der Waals surface area contributed by atoms with E-state index in [0.717, 1.165) is 18.5 Å². The van der Waals surface area contributed by atoms with Crippen molar-refractivity contribution in [2.75, 3.05) is 0 Å². The predicted octanol–water partition coefficient (Wildman–Crippen LogP) is 2.43. The van der Waals surface area contributed by atoms with Crippen molar-refractivity contribution in [2.45, 2.75) is 51.6 Å². The molecule has 0 aromatic carbocycles. The Morgan fingerprint density at radius 3 is 2.86 bits per heavy atom. The van der Waals surface area contributed by atoms with Gasteiger partial charge in [0.15, 0.2) is 0 Å². The second-order valence-corrected chi connectivity index (χ2v) is 7.32. The minimum atomic E-state index is -0.971. The Morgan fingerprint density at radius 1 is 1.39 bits per heavy atom. The van der Waals surface area contributed by atoms with E-state index in [0.29, 0.717) is 34.1 Å². The second kappa shape index (κ2) is 7.06. The highest BCUT2D eigenvalue weighted by Gasteiger charge is 2.29. The number of nitrogens with zero attached hydrogens (tertiary/aromatic N) is 4. The van der Waals surface area contributed by atoms with Gasteiger partial charge in [-0.05, 0) is 24.8 Å². The van der Waals surface area contributed by atoms with E-state index in [-0.39, 0.29) is 24.9 Å². The molecule has 3 heterocycles. The lowest BCUT2D eigenvalue weighted by atomic mass is 10.0. The molecule has 1 fully saturated rings. The largest absolute Gasteiger partial charge is 0.480 e. The van der Waals surface area contributed by atoms with Crippen molar-refractivity contribution in [3.8, 4) is 0 Å². The first-order chi connectivity index (χ1) is 13.4. The molecule has 1 aliphatic rings. The summed E-state index contributed by atoms with van der Waals surface area (Å²) < 4.78 is 6.90. The van der Waals surface area contributed by atoms with Crippen LogP contribution in [0.3, 0.4) is 0 Å². The van der Waals surface area contributed by atoms with Crippen LogP contribution >= 0.6 is 0 Å². The van der Waals surface area contributed by atoms with Gasteiger partial charge in [-0.3, -0.25) is 9.59 Å². The molecule has 4 rings (SSSR count). The molecule has 0 spiro atoms. The van der Waals surface area contributed by atoms with E-state index in [2.05, 4.69) is 20.4 Å². The molecule has 0 saturated heterocycles. The molecule has 0 aliphatic heterocycles. The van der Waals surface area contributed by atoms with Crippen molar-refractivity contribution < 1.29 is 19.2 Å². The first-order valence-electron chi connectivity index (χ1n) is 9.24. The third-order valence-electron chi connectivity index (χ3n) is 4.79. The summed E-state index contributed by atoms with van der Waals surface area (Å²) in [7, 11) is 0. The molecule has 0 unspecified atom stereocenters. The molecule has 9 nitrogen and oxygen atoms in total. The molecule has 0 bridgehead atoms. The van der Waals surface area contributed by atoms with Gasteiger partial charge in [-0.2, -0.15) is 0 Å². The van der Waals surface area contributed by atoms with Crippen molar-refractivity contribution in [3.63, 3.8) is 0 Å². The summed E-state index contributed by atoms with van der Waals surface area (Å²) in [5, 5.41) is 16.6. The molecule has 28 heavy (non-hydrogen) atoms. The van der Waals surface area contributed by atoms with Gasteiger partial charge >= 0.3 is 5.97 Å². The van der Waals surface area contributed by atoms with Gasteiger partial charge in [0.2, 0.25) is 0 Å². The minimum Gasteiger partial charge on any atom is -0.480 e. The average Bonchev–Trinajstić information content (AvgIpc) is 3.26. The normalized spacial score (nSPS) is 14.0. The van der Waals surface area contributed by atoms with Crippen LogP contribution in [0.25, 0.3) is 11.1 Å². The first-order valence-corrected chi connectivity index (χ1v) is 9.24. The minimum absolute atomic E-state index is 0.0795. The lowest BCUT2D eigenvalue weighted by Crippen LogP contribution is -2.26. The Balaban J connectivity index is 1.64. The van der Waals surface area contributed by atoms with E-state index in [1.807, 2.05) is 19.9 Å². The number of imidazole rings is 1. The highest BCUT2D eigenvalue weighted by Crippen LogP contribution is 2.41. The van der Waals surface area contributed by atoms with Gasteiger partial charge in [0, 0.05) is 24.0 Å².